The van der Waals surface area contributed by atoms with E-state index in [1.807, 2.05) is 4.72 Å². The zero-order chi connectivity index (χ0) is 14.8. The first-order valence-electron chi connectivity index (χ1n) is 5.15. The zero-order valence-corrected chi connectivity index (χ0v) is 11.5. The maximum atomic E-state index is 11.9. The molecule has 0 bridgehead atoms. The zero-order valence-electron chi connectivity index (χ0n) is 9.88. The Labute approximate surface area is 113 Å². The van der Waals surface area contributed by atoms with Crippen molar-refractivity contribution in [3.05, 3.63) is 22.7 Å². The van der Waals surface area contributed by atoms with E-state index < -0.39 is 29.2 Å². The van der Waals surface area contributed by atoms with Crippen molar-refractivity contribution in [2.45, 2.75) is 24.4 Å². The van der Waals surface area contributed by atoms with E-state index in [4.69, 9.17) is 17.3 Å². The molecule has 0 atom stereocenters. The Balaban J connectivity index is 2.92. The second-order valence-corrected chi connectivity index (χ2v) is 6.04. The first-order valence-corrected chi connectivity index (χ1v) is 7.01. The van der Waals surface area contributed by atoms with Crippen LogP contribution >= 0.6 is 11.6 Å². The Hall–Kier alpha value is -0.990. The highest BCUT2D eigenvalue weighted by atomic mass is 35.5. The highest BCUT2D eigenvalue weighted by Crippen LogP contribution is 2.27. The normalized spacial score (nSPS) is 12.7. The molecule has 0 aliphatic heterocycles. The van der Waals surface area contributed by atoms with Crippen LogP contribution in [-0.4, -0.2) is 21.1 Å². The Morgan fingerprint density at radius 2 is 1.95 bits per heavy atom. The topological polar surface area (TPSA) is 72.2 Å². The van der Waals surface area contributed by atoms with Gasteiger partial charge in [-0.3, -0.25) is 0 Å². The summed E-state index contributed by atoms with van der Waals surface area (Å²) in [6.45, 7) is 0.880. The number of hydrogen-bond donors (Lipinski definition) is 2. The SMILES string of the molecule is Cc1cc(Cl)c(S(=O)(=O)NCCC(F)(F)F)cc1N. The van der Waals surface area contributed by atoms with Crippen LogP contribution in [-0.2, 0) is 10.0 Å². The fourth-order valence-corrected chi connectivity index (χ4v) is 2.93. The van der Waals surface area contributed by atoms with Crippen molar-refractivity contribution in [2.75, 3.05) is 12.3 Å². The second kappa shape index (κ2) is 5.56. The van der Waals surface area contributed by atoms with Crippen molar-refractivity contribution >= 4 is 27.3 Å². The summed E-state index contributed by atoms with van der Waals surface area (Å²) in [5, 5.41) is -0.0915. The molecule has 0 aromatic heterocycles. The van der Waals surface area contributed by atoms with E-state index in [9.17, 15) is 21.6 Å². The minimum atomic E-state index is -4.43. The molecule has 1 rings (SSSR count). The first kappa shape index (κ1) is 16.1. The Morgan fingerprint density at radius 1 is 1.37 bits per heavy atom. The maximum Gasteiger partial charge on any atom is 0.390 e. The van der Waals surface area contributed by atoms with Crippen molar-refractivity contribution in [2.24, 2.45) is 0 Å². The molecule has 19 heavy (non-hydrogen) atoms. The maximum absolute atomic E-state index is 11.9. The minimum absolute atomic E-state index is 0.0915. The molecule has 0 aliphatic rings. The number of nitrogens with two attached hydrogens (primary N) is 1. The number of nitrogens with one attached hydrogen (secondary N) is 1. The number of benzene rings is 1. The van der Waals surface area contributed by atoms with Crippen LogP contribution in [0.1, 0.15) is 12.0 Å². The van der Waals surface area contributed by atoms with Crippen LogP contribution in [0.2, 0.25) is 5.02 Å². The lowest BCUT2D eigenvalue weighted by Crippen LogP contribution is -2.28. The smallest absolute Gasteiger partial charge is 0.390 e. The molecule has 0 unspecified atom stereocenters. The van der Waals surface area contributed by atoms with E-state index in [-0.39, 0.29) is 15.6 Å². The van der Waals surface area contributed by atoms with Gasteiger partial charge in [-0.2, -0.15) is 13.2 Å². The van der Waals surface area contributed by atoms with Gasteiger partial charge in [0.2, 0.25) is 10.0 Å². The molecule has 1 aromatic carbocycles. The largest absolute Gasteiger partial charge is 0.398 e. The summed E-state index contributed by atoms with van der Waals surface area (Å²) in [6, 6.07) is 2.46. The van der Waals surface area contributed by atoms with Gasteiger partial charge in [0.25, 0.3) is 0 Å². The fraction of sp³-hybridized carbons (Fsp3) is 0.400. The van der Waals surface area contributed by atoms with Crippen LogP contribution < -0.4 is 10.5 Å². The van der Waals surface area contributed by atoms with Crippen molar-refractivity contribution in [3.8, 4) is 0 Å². The van der Waals surface area contributed by atoms with Gasteiger partial charge in [-0.15, -0.1) is 0 Å². The lowest BCUT2D eigenvalue weighted by atomic mass is 10.2. The fourth-order valence-electron chi connectivity index (χ4n) is 1.28. The summed E-state index contributed by atoms with van der Waals surface area (Å²) in [5.41, 5.74) is 6.33. The highest BCUT2D eigenvalue weighted by Gasteiger charge is 2.28. The van der Waals surface area contributed by atoms with Crippen LogP contribution in [0.4, 0.5) is 18.9 Å². The lowest BCUT2D eigenvalue weighted by Gasteiger charge is -2.11. The molecule has 0 radical (unpaired) electrons. The van der Waals surface area contributed by atoms with E-state index in [0.29, 0.717) is 5.56 Å². The number of aryl methyl sites for hydroxylation is 1. The molecule has 0 aliphatic carbocycles. The van der Waals surface area contributed by atoms with Crippen molar-refractivity contribution in [1.82, 2.24) is 4.72 Å². The van der Waals surface area contributed by atoms with Gasteiger partial charge in [0.15, 0.2) is 0 Å². The predicted octanol–water partition coefficient (Wildman–Crippen LogP) is 2.46. The number of rotatable bonds is 4. The number of alkyl halides is 3. The van der Waals surface area contributed by atoms with Gasteiger partial charge in [0.05, 0.1) is 11.4 Å². The van der Waals surface area contributed by atoms with Crippen molar-refractivity contribution in [1.29, 1.82) is 0 Å². The van der Waals surface area contributed by atoms with E-state index in [1.165, 1.54) is 6.07 Å². The molecular weight excluding hydrogens is 305 g/mol. The van der Waals surface area contributed by atoms with E-state index in [0.717, 1.165) is 6.07 Å². The van der Waals surface area contributed by atoms with Gasteiger partial charge in [0, 0.05) is 12.2 Å². The van der Waals surface area contributed by atoms with Gasteiger partial charge in [-0.05, 0) is 24.6 Å². The van der Waals surface area contributed by atoms with Crippen LogP contribution in [0.3, 0.4) is 0 Å². The third kappa shape index (κ3) is 4.55. The quantitative estimate of drug-likeness (QED) is 0.838. The summed E-state index contributed by atoms with van der Waals surface area (Å²) >= 11 is 5.76. The lowest BCUT2D eigenvalue weighted by molar-refractivity contribution is -0.132. The van der Waals surface area contributed by atoms with E-state index >= 15 is 0 Å². The molecule has 4 nitrogen and oxygen atoms in total. The summed E-state index contributed by atoms with van der Waals surface area (Å²) in [6.07, 6.45) is -5.69. The minimum Gasteiger partial charge on any atom is -0.398 e. The average molecular weight is 317 g/mol. The number of hydrogen-bond acceptors (Lipinski definition) is 3. The Bertz CT molecular complexity index is 573. The van der Waals surface area contributed by atoms with Crippen LogP contribution in [0.15, 0.2) is 17.0 Å². The summed E-state index contributed by atoms with van der Waals surface area (Å²) in [4.78, 5) is -0.334. The van der Waals surface area contributed by atoms with Gasteiger partial charge in [0.1, 0.15) is 4.90 Å². The second-order valence-electron chi connectivity index (χ2n) is 3.90. The third-order valence-electron chi connectivity index (χ3n) is 2.31. The standard InChI is InChI=1S/C10H12ClF3N2O2S/c1-6-4-7(11)9(5-8(6)15)19(17,18)16-3-2-10(12,13)14/h4-5,16H,2-3,15H2,1H3. The van der Waals surface area contributed by atoms with Gasteiger partial charge >= 0.3 is 6.18 Å². The molecule has 0 saturated heterocycles. The Kier molecular flexibility index (Phi) is 4.70. The molecule has 0 amide bonds. The predicted molar refractivity (Wildman–Crippen MR) is 66.5 cm³/mol. The molecule has 0 saturated carbocycles. The van der Waals surface area contributed by atoms with Crippen molar-refractivity contribution < 1.29 is 21.6 Å². The summed E-state index contributed by atoms with van der Waals surface area (Å²) in [7, 11) is -4.11. The van der Waals surface area contributed by atoms with E-state index in [2.05, 4.69) is 0 Å². The van der Waals surface area contributed by atoms with Gasteiger partial charge < -0.3 is 5.73 Å². The van der Waals surface area contributed by atoms with E-state index in [1.54, 1.807) is 6.92 Å². The molecule has 3 N–H and O–H groups in total. The average Bonchev–Trinajstić information content (AvgIpc) is 2.20. The molecule has 0 heterocycles. The molecule has 0 fully saturated rings. The van der Waals surface area contributed by atoms with Crippen LogP contribution in [0.5, 0.6) is 0 Å². The van der Waals surface area contributed by atoms with Gasteiger partial charge in [-0.25, -0.2) is 13.1 Å². The van der Waals surface area contributed by atoms with Crippen molar-refractivity contribution in [3.63, 3.8) is 0 Å². The number of sulfonamides is 1. The monoisotopic (exact) mass is 316 g/mol. The third-order valence-corrected chi connectivity index (χ3v) is 4.24. The first-order chi connectivity index (χ1) is 8.53. The number of halogens is 4. The highest BCUT2D eigenvalue weighted by molar-refractivity contribution is 7.89. The summed E-state index contributed by atoms with van der Waals surface area (Å²) < 4.78 is 61.2. The van der Waals surface area contributed by atoms with Crippen LogP contribution in [0.25, 0.3) is 0 Å². The Morgan fingerprint density at radius 3 is 2.47 bits per heavy atom. The molecule has 9 heteroatoms. The molecule has 108 valence electrons. The molecule has 0 spiro atoms. The summed E-state index contributed by atoms with van der Waals surface area (Å²) in [5.74, 6) is 0. The number of nitrogen functional groups attached to an aromatic ring is 1. The molecular formula is C10H12ClF3N2O2S. The molecule has 1 aromatic rings. The van der Waals surface area contributed by atoms with Crippen LogP contribution in [0, 0.1) is 6.92 Å². The van der Waals surface area contributed by atoms with Gasteiger partial charge in [-0.1, -0.05) is 11.6 Å². The number of anilines is 1.